The summed E-state index contributed by atoms with van der Waals surface area (Å²) in [5.41, 5.74) is 0.420. The number of aromatic nitrogens is 2. The number of pyridine rings is 1. The fraction of sp³-hybridized carbons (Fsp3) is 0.111. The molecule has 10 heteroatoms. The van der Waals surface area contributed by atoms with E-state index in [9.17, 15) is 8.42 Å². The first-order chi connectivity index (χ1) is 13.5. The highest BCUT2D eigenvalue weighted by molar-refractivity contribution is 7.89. The molecular weight excluding hydrogens is 406 g/mol. The Morgan fingerprint density at radius 1 is 1.00 bits per heavy atom. The van der Waals surface area contributed by atoms with Crippen molar-refractivity contribution in [3.8, 4) is 11.5 Å². The van der Waals surface area contributed by atoms with Crippen LogP contribution in [-0.2, 0) is 23.1 Å². The lowest BCUT2D eigenvalue weighted by molar-refractivity contribution is 0.342. The molecule has 0 unspecified atom stereocenters. The van der Waals surface area contributed by atoms with Crippen molar-refractivity contribution >= 4 is 21.6 Å². The van der Waals surface area contributed by atoms with Crippen molar-refractivity contribution in [3.63, 3.8) is 0 Å². The average Bonchev–Trinajstić information content (AvgIpc) is 3.44. The average molecular weight is 420 g/mol. The lowest BCUT2D eigenvalue weighted by Gasteiger charge is -2.20. The third kappa shape index (κ3) is 3.86. The highest BCUT2D eigenvalue weighted by atomic mass is 35.5. The number of hydrogen-bond donors (Lipinski definition) is 0. The molecule has 0 aliphatic rings. The molecule has 144 valence electrons. The third-order valence-electron chi connectivity index (χ3n) is 3.91. The van der Waals surface area contributed by atoms with E-state index in [4.69, 9.17) is 25.0 Å². The van der Waals surface area contributed by atoms with Crippen molar-refractivity contribution < 1.29 is 21.8 Å². The number of nitrogens with zero attached hydrogens (tertiary/aromatic N) is 3. The quantitative estimate of drug-likeness (QED) is 0.417. The maximum absolute atomic E-state index is 13.1. The van der Waals surface area contributed by atoms with Crippen LogP contribution in [0.5, 0.6) is 0 Å². The van der Waals surface area contributed by atoms with Gasteiger partial charge in [0.2, 0.25) is 15.8 Å². The first-order valence-electron chi connectivity index (χ1n) is 8.16. The van der Waals surface area contributed by atoms with Crippen LogP contribution in [0.15, 0.2) is 79.4 Å². The van der Waals surface area contributed by atoms with Crippen molar-refractivity contribution in [2.45, 2.75) is 18.0 Å². The predicted octanol–water partition coefficient (Wildman–Crippen LogP) is 3.97. The molecule has 0 saturated heterocycles. The molecule has 8 nitrogen and oxygen atoms in total. The maximum atomic E-state index is 13.1. The second kappa shape index (κ2) is 7.63. The summed E-state index contributed by atoms with van der Waals surface area (Å²) in [5.74, 6) is 1.39. The Balaban J connectivity index is 1.65. The summed E-state index contributed by atoms with van der Waals surface area (Å²) in [4.78, 5) is 3.87. The first kappa shape index (κ1) is 18.5. The summed E-state index contributed by atoms with van der Waals surface area (Å²) < 4.78 is 43.3. The van der Waals surface area contributed by atoms with E-state index in [-0.39, 0.29) is 23.1 Å². The molecule has 28 heavy (non-hydrogen) atoms. The first-order valence-corrected chi connectivity index (χ1v) is 9.98. The number of rotatable bonds is 7. The minimum absolute atomic E-state index is 0.0122. The minimum atomic E-state index is -3.89. The smallest absolute Gasteiger partial charge is 0.245 e. The summed E-state index contributed by atoms with van der Waals surface area (Å²) >= 11 is 5.77. The zero-order valence-electron chi connectivity index (χ0n) is 14.4. The van der Waals surface area contributed by atoms with Crippen molar-refractivity contribution in [1.29, 1.82) is 0 Å². The van der Waals surface area contributed by atoms with Gasteiger partial charge in [0.15, 0.2) is 5.76 Å². The van der Waals surface area contributed by atoms with E-state index in [0.717, 1.165) is 0 Å². The van der Waals surface area contributed by atoms with Gasteiger partial charge in [-0.05, 0) is 36.4 Å². The summed E-state index contributed by atoms with van der Waals surface area (Å²) in [6.07, 6.45) is 4.21. The van der Waals surface area contributed by atoms with Crippen molar-refractivity contribution in [2.24, 2.45) is 0 Å². The van der Waals surface area contributed by atoms with Gasteiger partial charge in [-0.3, -0.25) is 0 Å². The molecule has 0 N–H and O–H groups in total. The zero-order valence-corrected chi connectivity index (χ0v) is 15.9. The highest BCUT2D eigenvalue weighted by Gasteiger charge is 2.27. The van der Waals surface area contributed by atoms with E-state index in [0.29, 0.717) is 23.0 Å². The van der Waals surface area contributed by atoms with Crippen molar-refractivity contribution in [2.75, 3.05) is 0 Å². The fourth-order valence-corrected chi connectivity index (χ4v) is 4.00. The number of hydrogen-bond acceptors (Lipinski definition) is 7. The van der Waals surface area contributed by atoms with Gasteiger partial charge in [-0.1, -0.05) is 16.8 Å². The van der Waals surface area contributed by atoms with Crippen LogP contribution in [0, 0.1) is 0 Å². The molecule has 4 rings (SSSR count). The van der Waals surface area contributed by atoms with Crippen molar-refractivity contribution in [3.05, 3.63) is 77.8 Å². The fourth-order valence-electron chi connectivity index (χ4n) is 2.57. The Morgan fingerprint density at radius 2 is 1.82 bits per heavy atom. The molecular formula is C18H14ClN3O5S. The summed E-state index contributed by atoms with van der Waals surface area (Å²) in [6, 6.07) is 11.3. The van der Waals surface area contributed by atoms with Gasteiger partial charge < -0.3 is 13.4 Å². The van der Waals surface area contributed by atoms with Gasteiger partial charge in [0.05, 0.1) is 31.3 Å². The van der Waals surface area contributed by atoms with Gasteiger partial charge in [-0.2, -0.15) is 4.31 Å². The van der Waals surface area contributed by atoms with E-state index < -0.39 is 10.0 Å². The summed E-state index contributed by atoms with van der Waals surface area (Å²) in [7, 11) is -3.89. The number of sulfonamides is 1. The molecule has 0 amide bonds. The summed E-state index contributed by atoms with van der Waals surface area (Å²) in [6.45, 7) is -0.0171. The van der Waals surface area contributed by atoms with E-state index in [1.807, 2.05) is 0 Å². The molecule has 0 aliphatic heterocycles. The van der Waals surface area contributed by atoms with Crippen LogP contribution in [-0.4, -0.2) is 22.9 Å². The molecule has 4 aromatic heterocycles. The van der Waals surface area contributed by atoms with Crippen LogP contribution in [0.3, 0.4) is 0 Å². The molecule has 0 spiro atoms. The van der Waals surface area contributed by atoms with Crippen LogP contribution >= 0.6 is 11.6 Å². The zero-order chi connectivity index (χ0) is 19.6. The van der Waals surface area contributed by atoms with E-state index in [2.05, 4.69) is 10.1 Å². The Kier molecular flexibility index (Phi) is 5.03. The lowest BCUT2D eigenvalue weighted by atomic mass is 10.3. The molecule has 4 heterocycles. The third-order valence-corrected chi connectivity index (χ3v) is 5.91. The molecule has 0 atom stereocenters. The molecule has 0 fully saturated rings. The SMILES string of the molecule is O=S(=O)(c1ccc(Cl)nc1)N(Cc1cc(-c2ccco2)on1)Cc1ccco1. The second-order valence-corrected chi connectivity index (χ2v) is 8.15. The van der Waals surface area contributed by atoms with E-state index in [1.54, 1.807) is 30.3 Å². The Morgan fingerprint density at radius 3 is 2.50 bits per heavy atom. The standard InChI is InChI=1S/C18H14ClN3O5S/c19-18-6-5-15(10-20-18)28(23,24)22(12-14-3-1-7-25-14)11-13-9-17(27-21-13)16-4-2-8-26-16/h1-10H,11-12H2. The minimum Gasteiger partial charge on any atom is -0.468 e. The van der Waals surface area contributed by atoms with Crippen LogP contribution in [0.2, 0.25) is 5.15 Å². The topological polar surface area (TPSA) is 103 Å². The number of furan rings is 2. The van der Waals surface area contributed by atoms with Gasteiger partial charge >= 0.3 is 0 Å². The molecule has 0 radical (unpaired) electrons. The van der Waals surface area contributed by atoms with Crippen LogP contribution in [0.1, 0.15) is 11.5 Å². The largest absolute Gasteiger partial charge is 0.468 e. The number of halogens is 1. The van der Waals surface area contributed by atoms with Crippen LogP contribution in [0.4, 0.5) is 0 Å². The van der Waals surface area contributed by atoms with Gasteiger partial charge in [0.25, 0.3) is 0 Å². The van der Waals surface area contributed by atoms with E-state index in [1.165, 1.54) is 35.2 Å². The molecule has 0 aliphatic carbocycles. The van der Waals surface area contributed by atoms with Crippen LogP contribution < -0.4 is 0 Å². The predicted molar refractivity (Wildman–Crippen MR) is 98.6 cm³/mol. The van der Waals surface area contributed by atoms with Gasteiger partial charge in [-0.15, -0.1) is 0 Å². The maximum Gasteiger partial charge on any atom is 0.245 e. The summed E-state index contributed by atoms with van der Waals surface area (Å²) in [5, 5.41) is 4.16. The Labute approximate surface area is 165 Å². The molecule has 0 aromatic carbocycles. The van der Waals surface area contributed by atoms with Gasteiger partial charge in [0.1, 0.15) is 15.8 Å². The second-order valence-electron chi connectivity index (χ2n) is 5.83. The van der Waals surface area contributed by atoms with Gasteiger partial charge in [0, 0.05) is 12.3 Å². The molecule has 0 saturated carbocycles. The van der Waals surface area contributed by atoms with E-state index >= 15 is 0 Å². The lowest BCUT2D eigenvalue weighted by Crippen LogP contribution is -2.30. The molecule has 0 bridgehead atoms. The normalized spacial score (nSPS) is 11.9. The molecule has 4 aromatic rings. The van der Waals surface area contributed by atoms with Gasteiger partial charge in [-0.25, -0.2) is 13.4 Å². The Bertz CT molecular complexity index is 1140. The monoisotopic (exact) mass is 419 g/mol. The van der Waals surface area contributed by atoms with Crippen LogP contribution in [0.25, 0.3) is 11.5 Å². The van der Waals surface area contributed by atoms with Crippen molar-refractivity contribution in [1.82, 2.24) is 14.4 Å². The Hall–Kier alpha value is -2.88. The highest BCUT2D eigenvalue weighted by Crippen LogP contribution is 2.25.